The van der Waals surface area contributed by atoms with Crippen molar-refractivity contribution in [2.45, 2.75) is 13.8 Å². The fourth-order valence-corrected chi connectivity index (χ4v) is 2.38. The Labute approximate surface area is 142 Å². The van der Waals surface area contributed by atoms with E-state index in [1.165, 1.54) is 0 Å². The zero-order valence-corrected chi connectivity index (χ0v) is 14.8. The molecular formula is C17H24N4O3. The summed E-state index contributed by atoms with van der Waals surface area (Å²) < 4.78 is 16.1. The highest BCUT2D eigenvalue weighted by Crippen LogP contribution is 2.40. The molecule has 1 heterocycles. The average molecular weight is 332 g/mol. The summed E-state index contributed by atoms with van der Waals surface area (Å²) in [6, 6.07) is 5.48. The molecule has 2 aromatic rings. The fourth-order valence-electron chi connectivity index (χ4n) is 2.38. The average Bonchev–Trinajstić information content (AvgIpc) is 2.62. The van der Waals surface area contributed by atoms with Crippen LogP contribution in [-0.2, 0) is 0 Å². The van der Waals surface area contributed by atoms with Gasteiger partial charge in [-0.15, -0.1) is 0 Å². The number of nitrogens with zero attached hydrogens (tertiary/aromatic N) is 3. The molecule has 0 spiro atoms. The van der Waals surface area contributed by atoms with E-state index in [4.69, 9.17) is 14.2 Å². The fraction of sp³-hybridized carbons (Fsp3) is 0.412. The first-order valence-electron chi connectivity index (χ1n) is 7.81. The molecule has 0 bridgehead atoms. The largest absolute Gasteiger partial charge is 0.493 e. The lowest BCUT2D eigenvalue weighted by molar-refractivity contribution is 0.324. The SMILES string of the molecule is CCN(CC)c1nccc(Nc2cc(OC)c(OC)c(OC)c2)n1. The third kappa shape index (κ3) is 3.79. The number of rotatable bonds is 8. The van der Waals surface area contributed by atoms with Crippen molar-refractivity contribution in [3.05, 3.63) is 24.4 Å². The minimum absolute atomic E-state index is 0.553. The second-order valence-electron chi connectivity index (χ2n) is 4.95. The lowest BCUT2D eigenvalue weighted by atomic mass is 10.2. The van der Waals surface area contributed by atoms with Crippen molar-refractivity contribution in [1.29, 1.82) is 0 Å². The van der Waals surface area contributed by atoms with Gasteiger partial charge in [0.25, 0.3) is 0 Å². The predicted octanol–water partition coefficient (Wildman–Crippen LogP) is 3.09. The molecule has 1 aromatic carbocycles. The van der Waals surface area contributed by atoms with Crippen molar-refractivity contribution >= 4 is 17.5 Å². The van der Waals surface area contributed by atoms with Crippen molar-refractivity contribution in [3.63, 3.8) is 0 Å². The van der Waals surface area contributed by atoms with Gasteiger partial charge in [0, 0.05) is 37.1 Å². The van der Waals surface area contributed by atoms with Gasteiger partial charge in [-0.3, -0.25) is 0 Å². The summed E-state index contributed by atoms with van der Waals surface area (Å²) in [5, 5.41) is 3.25. The van der Waals surface area contributed by atoms with Gasteiger partial charge >= 0.3 is 0 Å². The maximum atomic E-state index is 5.37. The third-order valence-electron chi connectivity index (χ3n) is 3.63. The van der Waals surface area contributed by atoms with Crippen LogP contribution in [0.2, 0.25) is 0 Å². The van der Waals surface area contributed by atoms with E-state index in [0.717, 1.165) is 18.8 Å². The number of anilines is 3. The van der Waals surface area contributed by atoms with Crippen molar-refractivity contribution in [3.8, 4) is 17.2 Å². The number of aromatic nitrogens is 2. The topological polar surface area (TPSA) is 68.7 Å². The van der Waals surface area contributed by atoms with Gasteiger partial charge in [-0.2, -0.15) is 4.98 Å². The van der Waals surface area contributed by atoms with Crippen molar-refractivity contribution in [2.24, 2.45) is 0 Å². The first-order chi connectivity index (χ1) is 11.7. The molecule has 0 amide bonds. The first-order valence-corrected chi connectivity index (χ1v) is 7.81. The number of benzene rings is 1. The second kappa shape index (κ2) is 8.24. The third-order valence-corrected chi connectivity index (χ3v) is 3.63. The molecule has 0 radical (unpaired) electrons. The zero-order valence-electron chi connectivity index (χ0n) is 14.8. The van der Waals surface area contributed by atoms with Crippen LogP contribution < -0.4 is 24.4 Å². The summed E-state index contributed by atoms with van der Waals surface area (Å²) in [5.41, 5.74) is 0.786. The zero-order chi connectivity index (χ0) is 17.5. The highest BCUT2D eigenvalue weighted by molar-refractivity contribution is 5.66. The summed E-state index contributed by atoms with van der Waals surface area (Å²) in [6.45, 7) is 5.85. The van der Waals surface area contributed by atoms with E-state index in [1.807, 2.05) is 18.2 Å². The Morgan fingerprint density at radius 2 is 1.62 bits per heavy atom. The molecule has 0 saturated heterocycles. The van der Waals surface area contributed by atoms with Crippen molar-refractivity contribution in [2.75, 3.05) is 44.6 Å². The molecule has 130 valence electrons. The minimum atomic E-state index is 0.553. The summed E-state index contributed by atoms with van der Waals surface area (Å²) in [6.07, 6.45) is 1.74. The van der Waals surface area contributed by atoms with E-state index in [2.05, 4.69) is 34.0 Å². The van der Waals surface area contributed by atoms with E-state index < -0.39 is 0 Å². The Kier molecular flexibility index (Phi) is 6.06. The summed E-state index contributed by atoms with van der Waals surface area (Å²) in [7, 11) is 4.75. The molecule has 0 unspecified atom stereocenters. The quantitative estimate of drug-likeness (QED) is 0.796. The smallest absolute Gasteiger partial charge is 0.227 e. The Balaban J connectivity index is 2.32. The molecule has 1 N–H and O–H groups in total. The molecule has 0 aliphatic rings. The maximum absolute atomic E-state index is 5.37. The monoisotopic (exact) mass is 332 g/mol. The summed E-state index contributed by atoms with van der Waals surface area (Å²) >= 11 is 0. The molecule has 0 aliphatic carbocycles. The lowest BCUT2D eigenvalue weighted by Crippen LogP contribution is -2.24. The second-order valence-corrected chi connectivity index (χ2v) is 4.95. The molecule has 0 fully saturated rings. The number of hydrogen-bond donors (Lipinski definition) is 1. The Hall–Kier alpha value is -2.70. The van der Waals surface area contributed by atoms with Crippen molar-refractivity contribution < 1.29 is 14.2 Å². The summed E-state index contributed by atoms with van der Waals surface area (Å²) in [4.78, 5) is 11.0. The van der Waals surface area contributed by atoms with Gasteiger partial charge in [0.2, 0.25) is 11.7 Å². The van der Waals surface area contributed by atoms with E-state index in [-0.39, 0.29) is 0 Å². The molecular weight excluding hydrogens is 308 g/mol. The van der Waals surface area contributed by atoms with Gasteiger partial charge in [-0.1, -0.05) is 0 Å². The first kappa shape index (κ1) is 17.7. The highest BCUT2D eigenvalue weighted by Gasteiger charge is 2.14. The summed E-state index contributed by atoms with van der Waals surface area (Å²) in [5.74, 6) is 3.10. The Bertz CT molecular complexity index is 650. The Morgan fingerprint density at radius 1 is 1.00 bits per heavy atom. The molecule has 24 heavy (non-hydrogen) atoms. The van der Waals surface area contributed by atoms with Crippen LogP contribution in [0.5, 0.6) is 17.2 Å². The predicted molar refractivity (Wildman–Crippen MR) is 95.0 cm³/mol. The van der Waals surface area contributed by atoms with Gasteiger partial charge in [-0.25, -0.2) is 4.98 Å². The Morgan fingerprint density at radius 3 is 2.12 bits per heavy atom. The number of ether oxygens (including phenoxy) is 3. The molecule has 0 saturated carbocycles. The number of nitrogens with one attached hydrogen (secondary N) is 1. The van der Waals surface area contributed by atoms with Crippen LogP contribution >= 0.6 is 0 Å². The molecule has 7 nitrogen and oxygen atoms in total. The van der Waals surface area contributed by atoms with Crippen LogP contribution in [0.25, 0.3) is 0 Å². The molecule has 7 heteroatoms. The normalized spacial score (nSPS) is 10.2. The van der Waals surface area contributed by atoms with E-state index in [9.17, 15) is 0 Å². The van der Waals surface area contributed by atoms with Crippen molar-refractivity contribution in [1.82, 2.24) is 9.97 Å². The van der Waals surface area contributed by atoms with Gasteiger partial charge in [0.15, 0.2) is 11.5 Å². The lowest BCUT2D eigenvalue weighted by Gasteiger charge is -2.19. The number of hydrogen-bond acceptors (Lipinski definition) is 7. The van der Waals surface area contributed by atoms with Crippen LogP contribution in [0.1, 0.15) is 13.8 Å². The van der Waals surface area contributed by atoms with Gasteiger partial charge in [0.1, 0.15) is 5.82 Å². The van der Waals surface area contributed by atoms with Gasteiger partial charge in [-0.05, 0) is 19.9 Å². The van der Waals surface area contributed by atoms with Crippen LogP contribution in [0, 0.1) is 0 Å². The highest BCUT2D eigenvalue weighted by atomic mass is 16.5. The van der Waals surface area contributed by atoms with Gasteiger partial charge in [0.05, 0.1) is 21.3 Å². The molecule has 0 aliphatic heterocycles. The minimum Gasteiger partial charge on any atom is -0.493 e. The number of methoxy groups -OCH3 is 3. The van der Waals surface area contributed by atoms with Crippen LogP contribution in [0.15, 0.2) is 24.4 Å². The molecule has 1 aromatic heterocycles. The van der Waals surface area contributed by atoms with Gasteiger partial charge < -0.3 is 24.4 Å². The maximum Gasteiger partial charge on any atom is 0.227 e. The van der Waals surface area contributed by atoms with E-state index in [0.29, 0.717) is 29.0 Å². The van der Waals surface area contributed by atoms with Crippen LogP contribution in [-0.4, -0.2) is 44.4 Å². The van der Waals surface area contributed by atoms with Crippen LogP contribution in [0.4, 0.5) is 17.5 Å². The van der Waals surface area contributed by atoms with E-state index in [1.54, 1.807) is 27.5 Å². The van der Waals surface area contributed by atoms with Crippen LogP contribution in [0.3, 0.4) is 0 Å². The van der Waals surface area contributed by atoms with E-state index >= 15 is 0 Å². The standard InChI is InChI=1S/C17H24N4O3/c1-6-21(7-2)17-18-9-8-15(20-17)19-12-10-13(22-3)16(24-5)14(11-12)23-4/h8-11H,6-7H2,1-5H3,(H,18,19,20). The molecule has 0 atom stereocenters. The molecule has 2 rings (SSSR count).